The largest absolute Gasteiger partial charge is 0.0654 e. The fourth-order valence-electron chi connectivity index (χ4n) is 2.82. The van der Waals surface area contributed by atoms with Crippen molar-refractivity contribution in [3.63, 3.8) is 0 Å². The zero-order valence-corrected chi connectivity index (χ0v) is 12.8. The molecule has 0 heterocycles. The van der Waals surface area contributed by atoms with Crippen LogP contribution in [0.5, 0.6) is 0 Å². The third kappa shape index (κ3) is 4.47. The van der Waals surface area contributed by atoms with E-state index in [2.05, 4.69) is 48.5 Å². The molecule has 16 heavy (non-hydrogen) atoms. The van der Waals surface area contributed by atoms with Crippen LogP contribution in [0.2, 0.25) is 0 Å². The summed E-state index contributed by atoms with van der Waals surface area (Å²) >= 11 is 0. The third-order valence-electron chi connectivity index (χ3n) is 4.96. The smallest absolute Gasteiger partial charge is 0.0326 e. The van der Waals surface area contributed by atoms with Crippen LogP contribution < -0.4 is 0 Å². The van der Waals surface area contributed by atoms with Crippen molar-refractivity contribution < 1.29 is 0 Å². The Bertz CT molecular complexity index is 169. The molecule has 0 saturated carbocycles. The summed E-state index contributed by atoms with van der Waals surface area (Å²) in [6, 6.07) is 0. The molecule has 0 aromatic rings. The molecule has 0 aliphatic heterocycles. The number of unbranched alkanes of at least 4 members (excludes halogenated alkanes) is 1. The van der Waals surface area contributed by atoms with E-state index < -0.39 is 0 Å². The normalized spacial score (nSPS) is 18.2. The molecule has 3 unspecified atom stereocenters. The SMILES string of the molecule is CCCCC(C(C)C(C)CC)C(C)(C)CC. The second kappa shape index (κ2) is 7.35. The maximum absolute atomic E-state index is 2.48. The van der Waals surface area contributed by atoms with Crippen molar-refractivity contribution in [2.75, 3.05) is 0 Å². The van der Waals surface area contributed by atoms with Crippen molar-refractivity contribution in [3.05, 3.63) is 0 Å². The van der Waals surface area contributed by atoms with Crippen molar-refractivity contribution in [3.8, 4) is 0 Å². The van der Waals surface area contributed by atoms with Crippen LogP contribution in [0.25, 0.3) is 0 Å². The van der Waals surface area contributed by atoms with Gasteiger partial charge in [-0.1, -0.05) is 74.1 Å². The van der Waals surface area contributed by atoms with E-state index in [1.165, 1.54) is 32.1 Å². The first kappa shape index (κ1) is 16.0. The highest BCUT2D eigenvalue weighted by atomic mass is 14.4. The Morgan fingerprint density at radius 1 is 1.00 bits per heavy atom. The van der Waals surface area contributed by atoms with E-state index in [1.54, 1.807) is 0 Å². The third-order valence-corrected chi connectivity index (χ3v) is 4.96. The summed E-state index contributed by atoms with van der Waals surface area (Å²) < 4.78 is 0. The summed E-state index contributed by atoms with van der Waals surface area (Å²) in [6.45, 7) is 16.8. The second-order valence-corrected chi connectivity index (χ2v) is 6.34. The van der Waals surface area contributed by atoms with Crippen LogP contribution in [0.1, 0.15) is 80.6 Å². The fourth-order valence-corrected chi connectivity index (χ4v) is 2.82. The fraction of sp³-hybridized carbons (Fsp3) is 1.00. The van der Waals surface area contributed by atoms with Crippen molar-refractivity contribution in [1.29, 1.82) is 0 Å². The minimum atomic E-state index is 0.512. The van der Waals surface area contributed by atoms with Crippen LogP contribution in [-0.2, 0) is 0 Å². The molecule has 0 saturated heterocycles. The molecule has 0 aromatic carbocycles. The standard InChI is InChI=1S/C16H34/c1-8-11-12-15(16(6,7)10-3)14(5)13(4)9-2/h13-15H,8-12H2,1-7H3. The van der Waals surface area contributed by atoms with Crippen molar-refractivity contribution >= 4 is 0 Å². The van der Waals surface area contributed by atoms with Crippen LogP contribution in [0.3, 0.4) is 0 Å². The van der Waals surface area contributed by atoms with E-state index in [9.17, 15) is 0 Å². The second-order valence-electron chi connectivity index (χ2n) is 6.34. The molecule has 0 heteroatoms. The Morgan fingerprint density at radius 2 is 1.56 bits per heavy atom. The molecule has 0 aliphatic carbocycles. The van der Waals surface area contributed by atoms with Gasteiger partial charge in [-0.05, 0) is 29.6 Å². The summed E-state index contributed by atoms with van der Waals surface area (Å²) in [5.74, 6) is 2.63. The average molecular weight is 226 g/mol. The van der Waals surface area contributed by atoms with Gasteiger partial charge in [-0.2, -0.15) is 0 Å². The van der Waals surface area contributed by atoms with Crippen molar-refractivity contribution in [2.45, 2.75) is 80.6 Å². The minimum Gasteiger partial charge on any atom is -0.0654 e. The summed E-state index contributed by atoms with van der Waals surface area (Å²) in [6.07, 6.45) is 6.78. The molecular formula is C16H34. The maximum atomic E-state index is 2.48. The molecule has 0 nitrogen and oxygen atoms in total. The lowest BCUT2D eigenvalue weighted by molar-refractivity contribution is 0.0946. The summed E-state index contributed by atoms with van der Waals surface area (Å²) in [7, 11) is 0. The van der Waals surface area contributed by atoms with Gasteiger partial charge in [0.15, 0.2) is 0 Å². The lowest BCUT2D eigenvalue weighted by Crippen LogP contribution is -2.32. The van der Waals surface area contributed by atoms with Gasteiger partial charge in [-0.3, -0.25) is 0 Å². The lowest BCUT2D eigenvalue weighted by Gasteiger charge is -2.40. The number of hydrogen-bond acceptors (Lipinski definition) is 0. The highest BCUT2D eigenvalue weighted by Crippen LogP contribution is 2.42. The molecule has 0 aromatic heterocycles. The molecule has 3 atom stereocenters. The molecular weight excluding hydrogens is 192 g/mol. The van der Waals surface area contributed by atoms with E-state index in [0.29, 0.717) is 5.41 Å². The van der Waals surface area contributed by atoms with Gasteiger partial charge < -0.3 is 0 Å². The van der Waals surface area contributed by atoms with Crippen LogP contribution in [0, 0.1) is 23.2 Å². The average Bonchev–Trinajstić information content (AvgIpc) is 2.27. The van der Waals surface area contributed by atoms with Crippen LogP contribution in [0.15, 0.2) is 0 Å². The monoisotopic (exact) mass is 226 g/mol. The number of hydrogen-bond donors (Lipinski definition) is 0. The van der Waals surface area contributed by atoms with E-state index >= 15 is 0 Å². The first-order valence-corrected chi connectivity index (χ1v) is 7.40. The van der Waals surface area contributed by atoms with Crippen molar-refractivity contribution in [1.82, 2.24) is 0 Å². The molecule has 0 fully saturated rings. The molecule has 0 rings (SSSR count). The maximum Gasteiger partial charge on any atom is -0.0326 e. The summed E-state index contributed by atoms with van der Waals surface area (Å²) in [5.41, 5.74) is 0.512. The van der Waals surface area contributed by atoms with Gasteiger partial charge in [0, 0.05) is 0 Å². The van der Waals surface area contributed by atoms with Gasteiger partial charge in [0.2, 0.25) is 0 Å². The minimum absolute atomic E-state index is 0.512. The predicted octanol–water partition coefficient (Wildman–Crippen LogP) is 5.91. The molecule has 0 N–H and O–H groups in total. The van der Waals surface area contributed by atoms with Gasteiger partial charge in [-0.25, -0.2) is 0 Å². The van der Waals surface area contributed by atoms with Crippen LogP contribution >= 0.6 is 0 Å². The van der Waals surface area contributed by atoms with Gasteiger partial charge in [0.05, 0.1) is 0 Å². The summed E-state index contributed by atoms with van der Waals surface area (Å²) in [5, 5.41) is 0. The van der Waals surface area contributed by atoms with Gasteiger partial charge in [-0.15, -0.1) is 0 Å². The zero-order chi connectivity index (χ0) is 12.8. The van der Waals surface area contributed by atoms with Gasteiger partial charge in [0.25, 0.3) is 0 Å². The first-order valence-electron chi connectivity index (χ1n) is 7.40. The quantitative estimate of drug-likeness (QED) is 0.482. The molecule has 0 aliphatic rings. The Hall–Kier alpha value is 0. The number of rotatable bonds is 8. The van der Waals surface area contributed by atoms with E-state index in [4.69, 9.17) is 0 Å². The van der Waals surface area contributed by atoms with Crippen LogP contribution in [0.4, 0.5) is 0 Å². The van der Waals surface area contributed by atoms with Gasteiger partial charge >= 0.3 is 0 Å². The van der Waals surface area contributed by atoms with Crippen molar-refractivity contribution in [2.24, 2.45) is 23.2 Å². The Morgan fingerprint density at radius 3 is 1.94 bits per heavy atom. The zero-order valence-electron chi connectivity index (χ0n) is 12.8. The highest BCUT2D eigenvalue weighted by molar-refractivity contribution is 4.83. The lowest BCUT2D eigenvalue weighted by atomic mass is 9.65. The highest BCUT2D eigenvalue weighted by Gasteiger charge is 2.33. The molecule has 0 amide bonds. The first-order chi connectivity index (χ1) is 7.40. The Balaban J connectivity index is 4.65. The van der Waals surface area contributed by atoms with Crippen LogP contribution in [-0.4, -0.2) is 0 Å². The topological polar surface area (TPSA) is 0 Å². The van der Waals surface area contributed by atoms with Gasteiger partial charge in [0.1, 0.15) is 0 Å². The molecule has 0 spiro atoms. The van der Waals surface area contributed by atoms with E-state index in [1.807, 2.05) is 0 Å². The Kier molecular flexibility index (Phi) is 7.35. The molecule has 0 radical (unpaired) electrons. The van der Waals surface area contributed by atoms with E-state index in [0.717, 1.165) is 17.8 Å². The molecule has 98 valence electrons. The molecule has 0 bridgehead atoms. The summed E-state index contributed by atoms with van der Waals surface area (Å²) in [4.78, 5) is 0. The van der Waals surface area contributed by atoms with E-state index in [-0.39, 0.29) is 0 Å². The predicted molar refractivity (Wildman–Crippen MR) is 75.7 cm³/mol. The Labute approximate surface area is 104 Å².